The maximum Gasteiger partial charge on any atom is 0.391 e. The first-order valence-corrected chi connectivity index (χ1v) is 3.26. The maximum absolute atomic E-state index is 7.02. The molecule has 1 aromatic rings. The number of aryl methyl sites for hydroxylation is 1. The second kappa shape index (κ2) is 2.33. The van der Waals surface area contributed by atoms with Gasteiger partial charge in [0.25, 0.3) is 0 Å². The van der Waals surface area contributed by atoms with Gasteiger partial charge in [-0.2, -0.15) is 0 Å². The van der Waals surface area contributed by atoms with Crippen molar-refractivity contribution in [1.82, 2.24) is 0 Å². The Balaban J connectivity index is 3.15. The van der Waals surface area contributed by atoms with Crippen LogP contribution < -0.4 is 5.75 Å². The molecule has 3 heteroatoms. The summed E-state index contributed by atoms with van der Waals surface area (Å²) in [6.07, 6.45) is 0. The van der Waals surface area contributed by atoms with Crippen LogP contribution in [0.25, 0.3) is 0 Å². The first-order valence-electron chi connectivity index (χ1n) is 3.26. The third-order valence-electron chi connectivity index (χ3n) is 1.32. The lowest BCUT2D eigenvalue weighted by Crippen LogP contribution is -1.88. The van der Waals surface area contributed by atoms with E-state index in [0.717, 1.165) is 5.76 Å². The zero-order valence-corrected chi connectivity index (χ0v) is 6.39. The molecule has 1 N–H and O–H groups in total. The van der Waals surface area contributed by atoms with E-state index in [2.05, 4.69) is 0 Å². The van der Waals surface area contributed by atoms with Crippen LogP contribution >= 0.6 is 0 Å². The highest BCUT2D eigenvalue weighted by molar-refractivity contribution is 5.04. The van der Waals surface area contributed by atoms with Gasteiger partial charge in [-0.3, -0.25) is 0 Å². The van der Waals surface area contributed by atoms with Crippen molar-refractivity contribution in [3.8, 4) is 0 Å². The maximum atomic E-state index is 7.02. The van der Waals surface area contributed by atoms with Gasteiger partial charge >= 0.3 is 5.75 Å². The highest BCUT2D eigenvalue weighted by Gasteiger charge is 2.09. The zero-order valence-electron chi connectivity index (χ0n) is 6.39. The molecule has 1 rings (SSSR count). The zero-order chi connectivity index (χ0) is 7.72. The Hall–Kier alpha value is -0.990. The third kappa shape index (κ3) is 1.12. The first-order chi connectivity index (χ1) is 4.61. The van der Waals surface area contributed by atoms with Crippen LogP contribution in [0, 0.1) is 12.3 Å². The largest absolute Gasteiger partial charge is 0.413 e. The van der Waals surface area contributed by atoms with Crippen molar-refractivity contribution in [3.05, 3.63) is 17.3 Å². The molecule has 0 saturated heterocycles. The van der Waals surface area contributed by atoms with Crippen molar-refractivity contribution in [2.45, 2.75) is 26.7 Å². The van der Waals surface area contributed by atoms with Gasteiger partial charge in [0.15, 0.2) is 0 Å². The van der Waals surface area contributed by atoms with Crippen LogP contribution in [0.4, 0.5) is 0 Å². The molecule has 0 fully saturated rings. The summed E-state index contributed by atoms with van der Waals surface area (Å²) in [7, 11) is 0. The van der Waals surface area contributed by atoms with Gasteiger partial charge in [0.1, 0.15) is 11.5 Å². The Morgan fingerprint density at radius 2 is 1.90 bits per heavy atom. The summed E-state index contributed by atoms with van der Waals surface area (Å²) >= 11 is 0. The average molecular weight is 141 g/mol. The van der Waals surface area contributed by atoms with Crippen LogP contribution in [0.3, 0.4) is 0 Å². The molecule has 10 heavy (non-hydrogen) atoms. The second-order valence-corrected chi connectivity index (χ2v) is 2.57. The minimum atomic E-state index is -0.110. The Labute approximate surface area is 59.2 Å². The summed E-state index contributed by atoms with van der Waals surface area (Å²) in [6.45, 7) is 5.80. The summed E-state index contributed by atoms with van der Waals surface area (Å²) in [5.74, 6) is 1.66. The minimum absolute atomic E-state index is 0.110. The molecule has 3 nitrogen and oxygen atoms in total. The van der Waals surface area contributed by atoms with E-state index in [1.807, 2.05) is 13.8 Å². The molecule has 1 aromatic heterocycles. The standard InChI is InChI=1S/C7H11NO2/c1-4(2)6-5(3)9-7(8)10-6/h4,8H,1-3H3. The molecule has 0 atom stereocenters. The number of hydrogen-bond donors (Lipinski definition) is 1. The molecular weight excluding hydrogens is 130 g/mol. The van der Waals surface area contributed by atoms with Crippen LogP contribution in [0.5, 0.6) is 0 Å². The highest BCUT2D eigenvalue weighted by atomic mass is 16.5. The van der Waals surface area contributed by atoms with Gasteiger partial charge in [-0.25, -0.2) is 5.41 Å². The van der Waals surface area contributed by atoms with Gasteiger partial charge in [0, 0.05) is 5.92 Å². The summed E-state index contributed by atoms with van der Waals surface area (Å²) in [5, 5.41) is 7.02. The topological polar surface area (TPSA) is 50.1 Å². The van der Waals surface area contributed by atoms with Crippen molar-refractivity contribution in [2.24, 2.45) is 0 Å². The van der Waals surface area contributed by atoms with Gasteiger partial charge in [-0.15, -0.1) is 0 Å². The van der Waals surface area contributed by atoms with Crippen molar-refractivity contribution in [2.75, 3.05) is 0 Å². The van der Waals surface area contributed by atoms with Crippen LogP contribution in [0.15, 0.2) is 8.83 Å². The second-order valence-electron chi connectivity index (χ2n) is 2.57. The Morgan fingerprint density at radius 3 is 2.10 bits per heavy atom. The lowest BCUT2D eigenvalue weighted by molar-refractivity contribution is 0.337. The van der Waals surface area contributed by atoms with Crippen LogP contribution in [-0.2, 0) is 0 Å². The molecule has 0 radical (unpaired) electrons. The highest BCUT2D eigenvalue weighted by Crippen LogP contribution is 2.16. The summed E-state index contributed by atoms with van der Waals surface area (Å²) in [4.78, 5) is 0. The number of nitrogens with one attached hydrogen (secondary N) is 1. The fourth-order valence-electron chi connectivity index (χ4n) is 0.906. The Kier molecular flexibility index (Phi) is 1.66. The van der Waals surface area contributed by atoms with Gasteiger partial charge in [0.2, 0.25) is 0 Å². The molecule has 0 saturated carbocycles. The van der Waals surface area contributed by atoms with Crippen molar-refractivity contribution < 1.29 is 8.83 Å². The van der Waals surface area contributed by atoms with E-state index in [-0.39, 0.29) is 5.75 Å². The van der Waals surface area contributed by atoms with E-state index in [0.29, 0.717) is 11.7 Å². The Bertz CT molecular complexity index is 269. The molecule has 0 aliphatic heterocycles. The van der Waals surface area contributed by atoms with E-state index in [1.165, 1.54) is 0 Å². The molecule has 0 amide bonds. The molecular formula is C7H11NO2. The average Bonchev–Trinajstić information content (AvgIpc) is 2.10. The lowest BCUT2D eigenvalue weighted by atomic mass is 10.1. The smallest absolute Gasteiger partial charge is 0.391 e. The predicted molar refractivity (Wildman–Crippen MR) is 35.7 cm³/mol. The van der Waals surface area contributed by atoms with Crippen LogP contribution in [0.1, 0.15) is 31.3 Å². The number of hydrogen-bond acceptors (Lipinski definition) is 3. The van der Waals surface area contributed by atoms with Crippen molar-refractivity contribution in [3.63, 3.8) is 0 Å². The SMILES string of the molecule is Cc1oc(=N)oc1C(C)C. The van der Waals surface area contributed by atoms with Gasteiger partial charge < -0.3 is 8.83 Å². The van der Waals surface area contributed by atoms with E-state index in [1.54, 1.807) is 6.92 Å². The predicted octanol–water partition coefficient (Wildman–Crippen LogP) is 1.78. The summed E-state index contributed by atoms with van der Waals surface area (Å²) in [5.41, 5.74) is 0. The molecule has 0 spiro atoms. The van der Waals surface area contributed by atoms with E-state index in [9.17, 15) is 0 Å². The monoisotopic (exact) mass is 141 g/mol. The first kappa shape index (κ1) is 7.12. The lowest BCUT2D eigenvalue weighted by Gasteiger charge is -1.96. The molecule has 56 valence electrons. The normalized spacial score (nSPS) is 10.8. The van der Waals surface area contributed by atoms with Gasteiger partial charge in [-0.05, 0) is 6.92 Å². The third-order valence-corrected chi connectivity index (χ3v) is 1.32. The minimum Gasteiger partial charge on any atom is -0.413 e. The van der Waals surface area contributed by atoms with E-state index >= 15 is 0 Å². The van der Waals surface area contributed by atoms with Gasteiger partial charge in [0.05, 0.1) is 0 Å². The summed E-state index contributed by atoms with van der Waals surface area (Å²) in [6, 6.07) is 0. The fourth-order valence-corrected chi connectivity index (χ4v) is 0.906. The molecule has 0 unspecified atom stereocenters. The summed E-state index contributed by atoms with van der Waals surface area (Å²) < 4.78 is 9.85. The van der Waals surface area contributed by atoms with Crippen LogP contribution in [0.2, 0.25) is 0 Å². The van der Waals surface area contributed by atoms with E-state index in [4.69, 9.17) is 14.2 Å². The Morgan fingerprint density at radius 1 is 1.30 bits per heavy atom. The molecule has 0 aromatic carbocycles. The molecule has 0 aliphatic carbocycles. The molecule has 0 aliphatic rings. The number of rotatable bonds is 1. The van der Waals surface area contributed by atoms with Crippen molar-refractivity contribution >= 4 is 0 Å². The molecule has 0 bridgehead atoms. The molecule has 1 heterocycles. The van der Waals surface area contributed by atoms with Gasteiger partial charge in [-0.1, -0.05) is 13.8 Å². The van der Waals surface area contributed by atoms with Crippen molar-refractivity contribution in [1.29, 1.82) is 5.41 Å². The van der Waals surface area contributed by atoms with Crippen LogP contribution in [-0.4, -0.2) is 0 Å². The fraction of sp³-hybridized carbons (Fsp3) is 0.571. The van der Waals surface area contributed by atoms with E-state index < -0.39 is 0 Å². The quantitative estimate of drug-likeness (QED) is 0.648.